The molecule has 1 aromatic rings. The third-order valence-corrected chi connectivity index (χ3v) is 7.07. The van der Waals surface area contributed by atoms with Crippen molar-refractivity contribution in [3.8, 4) is 0 Å². The first kappa shape index (κ1) is 18.9. The molecule has 1 amide bonds. The zero-order valence-electron chi connectivity index (χ0n) is 16.1. The van der Waals surface area contributed by atoms with Gasteiger partial charge in [0.15, 0.2) is 0 Å². The Hall–Kier alpha value is -1.44. The summed E-state index contributed by atoms with van der Waals surface area (Å²) in [6.45, 7) is 6.05. The second-order valence-corrected chi connectivity index (χ2v) is 8.47. The lowest BCUT2D eigenvalue weighted by atomic mass is 9.64. The van der Waals surface area contributed by atoms with E-state index >= 15 is 0 Å². The molecule has 3 aliphatic rings. The topological polar surface area (TPSA) is 81.7 Å². The van der Waals surface area contributed by atoms with Gasteiger partial charge in [0.05, 0.1) is 6.54 Å². The molecule has 2 N–H and O–H groups in total. The van der Waals surface area contributed by atoms with Gasteiger partial charge in [-0.05, 0) is 50.6 Å². The molecule has 7 nitrogen and oxygen atoms in total. The number of carbonyl (C=O) groups excluding carboxylic acids is 1. The van der Waals surface area contributed by atoms with Crippen LogP contribution in [-0.2, 0) is 16.1 Å². The van der Waals surface area contributed by atoms with E-state index in [1.165, 1.54) is 0 Å². The molecule has 0 aromatic carbocycles. The number of nitrogens with one attached hydrogen (secondary N) is 1. The summed E-state index contributed by atoms with van der Waals surface area (Å²) in [4.78, 5) is 24.9. The van der Waals surface area contributed by atoms with Crippen LogP contribution in [-0.4, -0.2) is 76.8 Å². The SMILES string of the molecule is O=C(C1CCOCC1)N1CCC2(CCN(Cc3ncc[nH]3)CC2)[C@@H](CO)C1. The summed E-state index contributed by atoms with van der Waals surface area (Å²) in [5, 5.41) is 10.1. The van der Waals surface area contributed by atoms with Gasteiger partial charge in [0.25, 0.3) is 0 Å². The molecule has 0 aliphatic carbocycles. The Labute approximate surface area is 161 Å². The molecule has 3 fully saturated rings. The molecule has 3 saturated heterocycles. The smallest absolute Gasteiger partial charge is 0.225 e. The average Bonchev–Trinajstić information content (AvgIpc) is 3.23. The van der Waals surface area contributed by atoms with Crippen LogP contribution in [0, 0.1) is 17.3 Å². The Morgan fingerprint density at radius 2 is 2.00 bits per heavy atom. The van der Waals surface area contributed by atoms with E-state index in [4.69, 9.17) is 4.74 Å². The molecule has 1 spiro atoms. The van der Waals surface area contributed by atoms with Gasteiger partial charge < -0.3 is 19.7 Å². The van der Waals surface area contributed by atoms with Crippen LogP contribution in [0.25, 0.3) is 0 Å². The average molecular weight is 377 g/mol. The first-order chi connectivity index (χ1) is 13.2. The van der Waals surface area contributed by atoms with Gasteiger partial charge in [-0.3, -0.25) is 9.69 Å². The number of H-pyrrole nitrogens is 1. The molecule has 0 saturated carbocycles. The Kier molecular flexibility index (Phi) is 5.80. The molecule has 1 atom stereocenters. The van der Waals surface area contributed by atoms with Crippen molar-refractivity contribution in [2.24, 2.45) is 17.3 Å². The van der Waals surface area contributed by atoms with Gasteiger partial charge in [-0.1, -0.05) is 0 Å². The number of piperidine rings is 2. The maximum Gasteiger partial charge on any atom is 0.225 e. The fraction of sp³-hybridized carbons (Fsp3) is 0.800. The zero-order chi connectivity index (χ0) is 18.7. The number of hydrogen-bond donors (Lipinski definition) is 2. The molecule has 1 aromatic heterocycles. The van der Waals surface area contributed by atoms with E-state index in [0.717, 1.165) is 64.1 Å². The zero-order valence-corrected chi connectivity index (χ0v) is 16.1. The van der Waals surface area contributed by atoms with Crippen molar-refractivity contribution in [3.05, 3.63) is 18.2 Å². The van der Waals surface area contributed by atoms with Crippen molar-refractivity contribution in [2.75, 3.05) is 46.0 Å². The molecule has 150 valence electrons. The lowest BCUT2D eigenvalue weighted by molar-refractivity contribution is -0.145. The summed E-state index contributed by atoms with van der Waals surface area (Å²) in [6, 6.07) is 0. The van der Waals surface area contributed by atoms with Crippen LogP contribution >= 0.6 is 0 Å². The first-order valence-electron chi connectivity index (χ1n) is 10.4. The van der Waals surface area contributed by atoms with Crippen LogP contribution in [0.1, 0.15) is 37.9 Å². The molecular formula is C20H32N4O3. The lowest BCUT2D eigenvalue weighted by Gasteiger charge is -2.51. The Bertz CT molecular complexity index is 607. The van der Waals surface area contributed by atoms with Gasteiger partial charge in [-0.25, -0.2) is 4.98 Å². The Balaban J connectivity index is 1.34. The van der Waals surface area contributed by atoms with E-state index in [-0.39, 0.29) is 29.8 Å². The van der Waals surface area contributed by atoms with Gasteiger partial charge in [0, 0.05) is 57.1 Å². The number of nitrogens with zero attached hydrogens (tertiary/aromatic N) is 3. The van der Waals surface area contributed by atoms with Gasteiger partial charge >= 0.3 is 0 Å². The summed E-state index contributed by atoms with van der Waals surface area (Å²) < 4.78 is 5.39. The highest BCUT2D eigenvalue weighted by Gasteiger charge is 2.46. The van der Waals surface area contributed by atoms with Crippen LogP contribution in [0.4, 0.5) is 0 Å². The highest BCUT2D eigenvalue weighted by molar-refractivity contribution is 5.79. The molecule has 3 aliphatic heterocycles. The van der Waals surface area contributed by atoms with E-state index in [1.54, 1.807) is 6.20 Å². The molecule has 4 heterocycles. The number of hydrogen-bond acceptors (Lipinski definition) is 5. The molecule has 7 heteroatoms. The fourth-order valence-electron chi connectivity index (χ4n) is 5.18. The quantitative estimate of drug-likeness (QED) is 0.827. The van der Waals surface area contributed by atoms with Crippen molar-refractivity contribution in [3.63, 3.8) is 0 Å². The van der Waals surface area contributed by atoms with Crippen molar-refractivity contribution in [2.45, 2.75) is 38.6 Å². The van der Waals surface area contributed by atoms with Crippen LogP contribution in [0.5, 0.6) is 0 Å². The van der Waals surface area contributed by atoms with Crippen LogP contribution in [0.3, 0.4) is 0 Å². The second-order valence-electron chi connectivity index (χ2n) is 8.47. The van der Waals surface area contributed by atoms with Crippen LogP contribution in [0.15, 0.2) is 12.4 Å². The summed E-state index contributed by atoms with van der Waals surface area (Å²) >= 11 is 0. The number of aromatic nitrogens is 2. The monoisotopic (exact) mass is 376 g/mol. The highest BCUT2D eigenvalue weighted by atomic mass is 16.5. The molecule has 0 bridgehead atoms. The number of aromatic amines is 1. The second kappa shape index (κ2) is 8.29. The van der Waals surface area contributed by atoms with Crippen molar-refractivity contribution >= 4 is 5.91 Å². The number of carbonyl (C=O) groups is 1. The van der Waals surface area contributed by atoms with Crippen LogP contribution < -0.4 is 0 Å². The van der Waals surface area contributed by atoms with E-state index in [1.807, 2.05) is 11.1 Å². The number of imidazole rings is 1. The minimum absolute atomic E-state index is 0.113. The van der Waals surface area contributed by atoms with E-state index < -0.39 is 0 Å². The Morgan fingerprint density at radius 3 is 2.67 bits per heavy atom. The highest BCUT2D eigenvalue weighted by Crippen LogP contribution is 2.45. The molecule has 0 unspecified atom stereocenters. The van der Waals surface area contributed by atoms with Crippen molar-refractivity contribution in [1.29, 1.82) is 0 Å². The van der Waals surface area contributed by atoms with Crippen LogP contribution in [0.2, 0.25) is 0 Å². The fourth-order valence-corrected chi connectivity index (χ4v) is 5.18. The minimum Gasteiger partial charge on any atom is -0.396 e. The molecular weight excluding hydrogens is 344 g/mol. The van der Waals surface area contributed by atoms with E-state index in [9.17, 15) is 9.90 Å². The predicted molar refractivity (Wildman–Crippen MR) is 101 cm³/mol. The van der Waals surface area contributed by atoms with Gasteiger partial charge in [-0.2, -0.15) is 0 Å². The summed E-state index contributed by atoms with van der Waals surface area (Å²) in [6.07, 6.45) is 8.55. The number of aliphatic hydroxyl groups is 1. The molecule has 27 heavy (non-hydrogen) atoms. The normalized spacial score (nSPS) is 27.1. The van der Waals surface area contributed by atoms with Gasteiger partial charge in [-0.15, -0.1) is 0 Å². The number of ether oxygens (including phenoxy) is 1. The largest absolute Gasteiger partial charge is 0.396 e. The van der Waals surface area contributed by atoms with E-state index in [2.05, 4.69) is 14.9 Å². The summed E-state index contributed by atoms with van der Waals surface area (Å²) in [7, 11) is 0. The maximum atomic E-state index is 12.9. The number of rotatable bonds is 4. The van der Waals surface area contributed by atoms with Crippen molar-refractivity contribution in [1.82, 2.24) is 19.8 Å². The minimum atomic E-state index is 0.113. The number of likely N-dealkylation sites (tertiary alicyclic amines) is 2. The molecule has 4 rings (SSSR count). The number of amides is 1. The number of aliphatic hydroxyl groups excluding tert-OH is 1. The van der Waals surface area contributed by atoms with Gasteiger partial charge in [0.1, 0.15) is 5.82 Å². The molecule has 0 radical (unpaired) electrons. The van der Waals surface area contributed by atoms with E-state index in [0.29, 0.717) is 19.8 Å². The third kappa shape index (κ3) is 4.05. The summed E-state index contributed by atoms with van der Waals surface area (Å²) in [5.74, 6) is 1.60. The standard InChI is InChI=1S/C20H32N4O3/c25-15-17-13-24(19(26)16-1-11-27-12-2-16)10-5-20(17)3-8-23(9-4-20)14-18-21-6-7-22-18/h6-7,16-17,25H,1-5,8-15H2,(H,21,22)/t17-/m1/s1. The van der Waals surface area contributed by atoms with Crippen molar-refractivity contribution < 1.29 is 14.6 Å². The summed E-state index contributed by atoms with van der Waals surface area (Å²) in [5.41, 5.74) is 0.181. The Morgan fingerprint density at radius 1 is 1.26 bits per heavy atom. The first-order valence-corrected chi connectivity index (χ1v) is 10.4. The predicted octanol–water partition coefficient (Wildman–Crippen LogP) is 1.26. The maximum absolute atomic E-state index is 12.9. The van der Waals surface area contributed by atoms with Gasteiger partial charge in [0.2, 0.25) is 5.91 Å². The third-order valence-electron chi connectivity index (χ3n) is 7.07. The lowest BCUT2D eigenvalue weighted by Crippen LogP contribution is -2.55.